The van der Waals surface area contributed by atoms with Crippen LogP contribution < -0.4 is 11.5 Å². The number of halogens is 1. The van der Waals surface area contributed by atoms with E-state index in [4.69, 9.17) is 11.5 Å². The quantitative estimate of drug-likeness (QED) is 0.461. The van der Waals surface area contributed by atoms with E-state index >= 15 is 0 Å². The minimum Gasteiger partial charge on any atom is -0.316 e. The van der Waals surface area contributed by atoms with Gasteiger partial charge in [-0.3, -0.25) is 0 Å². The zero-order valence-electron chi connectivity index (χ0n) is 3.55. The Labute approximate surface area is 44.3 Å². The molecule has 0 aromatic heterocycles. The van der Waals surface area contributed by atoms with Gasteiger partial charge in [0.2, 0.25) is 0 Å². The van der Waals surface area contributed by atoms with Gasteiger partial charge in [0.05, 0.1) is 6.17 Å². The van der Waals surface area contributed by atoms with Crippen molar-refractivity contribution in [1.82, 2.24) is 0 Å². The van der Waals surface area contributed by atoms with Gasteiger partial charge in [0.1, 0.15) is 0 Å². The van der Waals surface area contributed by atoms with E-state index in [-0.39, 0.29) is 18.6 Å². The third-order valence-corrected chi connectivity index (χ3v) is 0.333. The van der Waals surface area contributed by atoms with Crippen LogP contribution in [0.25, 0.3) is 0 Å². The van der Waals surface area contributed by atoms with Crippen molar-refractivity contribution in [1.29, 1.82) is 0 Å². The summed E-state index contributed by atoms with van der Waals surface area (Å²) < 4.78 is 0. The third kappa shape index (κ3) is 8.88. The standard InChI is InChI=1S/C3H9N2.ClH/c1-2-3(4)5;/h3H,1-2,4-5H2;1H. The van der Waals surface area contributed by atoms with Crippen LogP contribution in [0.5, 0.6) is 0 Å². The Morgan fingerprint density at radius 2 is 1.67 bits per heavy atom. The second-order valence-corrected chi connectivity index (χ2v) is 0.953. The number of hydrogen-bond donors (Lipinski definition) is 2. The van der Waals surface area contributed by atoms with Crippen LogP contribution in [0.2, 0.25) is 0 Å². The molecule has 0 saturated heterocycles. The summed E-state index contributed by atoms with van der Waals surface area (Å²) in [5.74, 6) is 0. The maximum atomic E-state index is 5.01. The van der Waals surface area contributed by atoms with Crippen LogP contribution in [-0.2, 0) is 0 Å². The molecule has 0 saturated carbocycles. The van der Waals surface area contributed by atoms with Crippen molar-refractivity contribution in [3.63, 3.8) is 0 Å². The fourth-order valence-electron chi connectivity index (χ4n) is 0. The van der Waals surface area contributed by atoms with Gasteiger partial charge in [0.25, 0.3) is 0 Å². The normalized spacial score (nSPS) is 8.00. The van der Waals surface area contributed by atoms with E-state index in [1.165, 1.54) is 0 Å². The summed E-state index contributed by atoms with van der Waals surface area (Å²) >= 11 is 0. The molecule has 0 aromatic carbocycles. The Bertz CT molecular complexity index is 22.8. The molecule has 0 heterocycles. The van der Waals surface area contributed by atoms with Crippen LogP contribution in [0.1, 0.15) is 6.42 Å². The summed E-state index contributed by atoms with van der Waals surface area (Å²) in [4.78, 5) is 0. The summed E-state index contributed by atoms with van der Waals surface area (Å²) in [6.07, 6.45) is 0.384. The Hall–Kier alpha value is 0.210. The van der Waals surface area contributed by atoms with Gasteiger partial charge in [-0.1, -0.05) is 6.92 Å². The lowest BCUT2D eigenvalue weighted by atomic mass is 10.4. The molecule has 0 aliphatic rings. The van der Waals surface area contributed by atoms with Crippen LogP contribution in [0.4, 0.5) is 0 Å². The molecule has 0 amide bonds. The van der Waals surface area contributed by atoms with Crippen molar-refractivity contribution in [2.24, 2.45) is 11.5 Å². The average molecular weight is 110 g/mol. The first-order chi connectivity index (χ1) is 2.27. The molecule has 39 valence electrons. The lowest BCUT2D eigenvalue weighted by Crippen LogP contribution is -2.28. The van der Waals surface area contributed by atoms with E-state index in [1.807, 2.05) is 0 Å². The van der Waals surface area contributed by atoms with Gasteiger partial charge in [-0.25, -0.2) is 0 Å². The summed E-state index contributed by atoms with van der Waals surface area (Å²) in [5.41, 5.74) is 10.0. The lowest BCUT2D eigenvalue weighted by Gasteiger charge is -1.92. The maximum Gasteiger partial charge on any atom is 0.0520 e. The zero-order chi connectivity index (χ0) is 4.28. The van der Waals surface area contributed by atoms with Crippen LogP contribution in [0.15, 0.2) is 0 Å². The van der Waals surface area contributed by atoms with Crippen molar-refractivity contribution in [2.75, 3.05) is 0 Å². The van der Waals surface area contributed by atoms with E-state index in [1.54, 1.807) is 0 Å². The molecule has 0 rings (SSSR count). The predicted molar refractivity (Wildman–Crippen MR) is 29.4 cm³/mol. The smallest absolute Gasteiger partial charge is 0.0520 e. The molecule has 4 N–H and O–H groups in total. The maximum absolute atomic E-state index is 5.01. The number of nitrogens with two attached hydrogens (primary N) is 2. The topological polar surface area (TPSA) is 52.0 Å². The highest BCUT2D eigenvalue weighted by Crippen LogP contribution is 1.67. The minimum absolute atomic E-state index is 0. The Morgan fingerprint density at radius 1 is 1.50 bits per heavy atom. The molecular formula is C3H10ClN2. The van der Waals surface area contributed by atoms with E-state index in [0.717, 1.165) is 0 Å². The molecule has 0 aromatic rings. The van der Waals surface area contributed by atoms with Crippen molar-refractivity contribution in [3.05, 3.63) is 6.92 Å². The second-order valence-electron chi connectivity index (χ2n) is 0.953. The first-order valence-electron chi connectivity index (χ1n) is 1.57. The number of hydrogen-bond acceptors (Lipinski definition) is 2. The van der Waals surface area contributed by atoms with Crippen molar-refractivity contribution in [3.8, 4) is 0 Å². The molecule has 0 bridgehead atoms. The Kier molecular flexibility index (Phi) is 8.26. The third-order valence-electron chi connectivity index (χ3n) is 0.333. The van der Waals surface area contributed by atoms with Crippen molar-refractivity contribution >= 4 is 12.4 Å². The lowest BCUT2D eigenvalue weighted by molar-refractivity contribution is 0.718. The van der Waals surface area contributed by atoms with Crippen LogP contribution in [0, 0.1) is 6.92 Å². The fraction of sp³-hybridized carbons (Fsp3) is 0.667. The highest BCUT2D eigenvalue weighted by atomic mass is 35.5. The Morgan fingerprint density at radius 3 is 1.67 bits per heavy atom. The average Bonchev–Trinajstić information content (AvgIpc) is 1.38. The van der Waals surface area contributed by atoms with Gasteiger partial charge >= 0.3 is 0 Å². The Balaban J connectivity index is 0. The van der Waals surface area contributed by atoms with Gasteiger partial charge in [-0.2, -0.15) is 0 Å². The molecule has 6 heavy (non-hydrogen) atoms. The van der Waals surface area contributed by atoms with Gasteiger partial charge in [0.15, 0.2) is 0 Å². The first kappa shape index (κ1) is 9.51. The first-order valence-corrected chi connectivity index (χ1v) is 1.57. The second kappa shape index (κ2) is 5.21. The minimum atomic E-state index is -0.227. The monoisotopic (exact) mass is 109 g/mol. The highest BCUT2D eigenvalue weighted by Gasteiger charge is 1.79. The summed E-state index contributed by atoms with van der Waals surface area (Å²) in [6.45, 7) is 3.44. The fourth-order valence-corrected chi connectivity index (χ4v) is 0. The van der Waals surface area contributed by atoms with Gasteiger partial charge in [-0.15, -0.1) is 12.4 Å². The molecule has 2 nitrogen and oxygen atoms in total. The van der Waals surface area contributed by atoms with Crippen molar-refractivity contribution in [2.45, 2.75) is 12.6 Å². The SMILES string of the molecule is Cl.[CH2]CC(N)N. The molecular weight excluding hydrogens is 99.5 g/mol. The van der Waals surface area contributed by atoms with Crippen LogP contribution in [0.3, 0.4) is 0 Å². The molecule has 0 aliphatic heterocycles. The van der Waals surface area contributed by atoms with E-state index < -0.39 is 0 Å². The summed E-state index contributed by atoms with van der Waals surface area (Å²) in [6, 6.07) is 0. The molecule has 0 unspecified atom stereocenters. The number of rotatable bonds is 1. The van der Waals surface area contributed by atoms with E-state index in [0.29, 0.717) is 6.42 Å². The largest absolute Gasteiger partial charge is 0.316 e. The molecule has 0 spiro atoms. The van der Waals surface area contributed by atoms with Gasteiger partial charge in [0, 0.05) is 0 Å². The van der Waals surface area contributed by atoms with E-state index in [2.05, 4.69) is 6.92 Å². The van der Waals surface area contributed by atoms with Crippen molar-refractivity contribution < 1.29 is 0 Å². The van der Waals surface area contributed by atoms with Crippen LogP contribution >= 0.6 is 12.4 Å². The van der Waals surface area contributed by atoms with Gasteiger partial charge in [-0.05, 0) is 6.42 Å². The highest BCUT2D eigenvalue weighted by molar-refractivity contribution is 5.85. The van der Waals surface area contributed by atoms with Gasteiger partial charge < -0.3 is 11.5 Å². The molecule has 0 fully saturated rings. The van der Waals surface area contributed by atoms with Crippen LogP contribution in [-0.4, -0.2) is 6.17 Å². The zero-order valence-corrected chi connectivity index (χ0v) is 4.37. The predicted octanol–water partition coefficient (Wildman–Crippen LogP) is -0.124. The molecule has 0 aliphatic carbocycles. The van der Waals surface area contributed by atoms with E-state index in [9.17, 15) is 0 Å². The molecule has 0 atom stereocenters. The summed E-state index contributed by atoms with van der Waals surface area (Å²) in [5, 5.41) is 0. The molecule has 3 heteroatoms. The summed E-state index contributed by atoms with van der Waals surface area (Å²) in [7, 11) is 0. The molecule has 1 radical (unpaired) electrons.